The topological polar surface area (TPSA) is 67.8 Å². The lowest BCUT2D eigenvalue weighted by Crippen LogP contribution is -2.08. The number of hydrogen-bond acceptors (Lipinski definition) is 3. The number of nitriles is 2. The third-order valence-electron chi connectivity index (χ3n) is 1.95. The maximum Gasteiger partial charge on any atom is 0.417 e. The molecule has 1 N–H and O–H groups in total. The molecule has 0 bridgehead atoms. The van der Waals surface area contributed by atoms with E-state index in [0.717, 1.165) is 6.07 Å². The molecular weight excluding hydrogens is 221 g/mol. The summed E-state index contributed by atoms with van der Waals surface area (Å²) < 4.78 is 37.2. The summed E-state index contributed by atoms with van der Waals surface area (Å²) in [6.45, 7) is 0. The third kappa shape index (κ3) is 2.06. The largest absolute Gasteiger partial charge is 0.506 e. The highest BCUT2D eigenvalue weighted by molar-refractivity contribution is 5.54. The molecule has 1 rings (SSSR count). The number of benzene rings is 1. The third-order valence-corrected chi connectivity index (χ3v) is 1.95. The zero-order valence-corrected chi connectivity index (χ0v) is 7.84. The molecule has 0 fully saturated rings. The number of phenolic OH excluding ortho intramolecular Hbond substituents is 1. The fourth-order valence-corrected chi connectivity index (χ4v) is 1.21. The molecule has 6 heteroatoms. The normalized spacial score (nSPS) is 10.6. The molecular formula is C10H5F3N2O. The van der Waals surface area contributed by atoms with Crippen LogP contribution in [0, 0.1) is 22.7 Å². The molecule has 0 saturated carbocycles. The molecule has 0 unspecified atom stereocenters. The Labute approximate surface area is 89.0 Å². The minimum absolute atomic E-state index is 0.00653. The lowest BCUT2D eigenvalue weighted by atomic mass is 10.0. The van der Waals surface area contributed by atoms with Crippen LogP contribution in [0.5, 0.6) is 5.75 Å². The summed E-state index contributed by atoms with van der Waals surface area (Å²) in [5.41, 5.74) is -2.04. The van der Waals surface area contributed by atoms with Crippen molar-refractivity contribution in [2.75, 3.05) is 0 Å². The van der Waals surface area contributed by atoms with E-state index < -0.39 is 23.1 Å². The van der Waals surface area contributed by atoms with Gasteiger partial charge in [0.25, 0.3) is 0 Å². The van der Waals surface area contributed by atoms with Gasteiger partial charge in [0.1, 0.15) is 17.4 Å². The fourth-order valence-electron chi connectivity index (χ4n) is 1.21. The van der Waals surface area contributed by atoms with Crippen molar-refractivity contribution in [2.24, 2.45) is 0 Å². The smallest absolute Gasteiger partial charge is 0.417 e. The molecule has 1 aromatic rings. The van der Waals surface area contributed by atoms with Crippen LogP contribution < -0.4 is 0 Å². The number of hydrogen-bond donors (Lipinski definition) is 1. The molecule has 0 saturated heterocycles. The molecule has 0 radical (unpaired) electrons. The maximum atomic E-state index is 12.4. The van der Waals surface area contributed by atoms with Gasteiger partial charge in [0.05, 0.1) is 18.1 Å². The van der Waals surface area contributed by atoms with Crippen molar-refractivity contribution in [3.8, 4) is 17.9 Å². The minimum Gasteiger partial charge on any atom is -0.506 e. The van der Waals surface area contributed by atoms with Gasteiger partial charge in [-0.1, -0.05) is 6.07 Å². The zero-order valence-electron chi connectivity index (χ0n) is 7.84. The standard InChI is InChI=1S/C10H5F3N2O/c11-10(12,13)8-2-1-6(3-4-14)9(16)7(8)5-15/h1-2,16H,3H2. The van der Waals surface area contributed by atoms with Crippen LogP contribution in [-0.4, -0.2) is 5.11 Å². The van der Waals surface area contributed by atoms with Crippen molar-refractivity contribution < 1.29 is 18.3 Å². The van der Waals surface area contributed by atoms with E-state index in [2.05, 4.69) is 0 Å². The average molecular weight is 226 g/mol. The van der Waals surface area contributed by atoms with Crippen molar-refractivity contribution in [2.45, 2.75) is 12.6 Å². The highest BCUT2D eigenvalue weighted by Crippen LogP contribution is 2.36. The van der Waals surface area contributed by atoms with Gasteiger partial charge in [0, 0.05) is 5.56 Å². The molecule has 0 aliphatic rings. The van der Waals surface area contributed by atoms with Gasteiger partial charge in [-0.3, -0.25) is 0 Å². The summed E-state index contributed by atoms with van der Waals surface area (Å²) in [5, 5.41) is 26.3. The molecule has 3 nitrogen and oxygen atoms in total. The molecule has 0 atom stereocenters. The van der Waals surface area contributed by atoms with Crippen LogP contribution in [0.25, 0.3) is 0 Å². The van der Waals surface area contributed by atoms with Crippen molar-refractivity contribution in [3.05, 3.63) is 28.8 Å². The van der Waals surface area contributed by atoms with Crippen LogP contribution in [0.3, 0.4) is 0 Å². The second-order valence-corrected chi connectivity index (χ2v) is 2.94. The number of rotatable bonds is 1. The second-order valence-electron chi connectivity index (χ2n) is 2.94. The van der Waals surface area contributed by atoms with Gasteiger partial charge >= 0.3 is 6.18 Å². The lowest BCUT2D eigenvalue weighted by molar-refractivity contribution is -0.137. The second kappa shape index (κ2) is 4.11. The molecule has 0 aliphatic carbocycles. The number of phenols is 1. The highest BCUT2D eigenvalue weighted by Gasteiger charge is 2.35. The molecule has 0 amide bonds. The molecule has 1 aromatic carbocycles. The molecule has 0 heterocycles. The number of alkyl halides is 3. The van der Waals surface area contributed by atoms with E-state index in [4.69, 9.17) is 10.5 Å². The van der Waals surface area contributed by atoms with Crippen molar-refractivity contribution in [1.82, 2.24) is 0 Å². The van der Waals surface area contributed by atoms with Crippen LogP contribution >= 0.6 is 0 Å². The number of nitrogens with zero attached hydrogens (tertiary/aromatic N) is 2. The van der Waals surface area contributed by atoms with Gasteiger partial charge in [-0.05, 0) is 6.07 Å². The maximum absolute atomic E-state index is 12.4. The Morgan fingerprint density at radius 1 is 1.25 bits per heavy atom. The molecule has 0 aliphatic heterocycles. The van der Waals surface area contributed by atoms with E-state index >= 15 is 0 Å². The van der Waals surface area contributed by atoms with E-state index in [1.54, 1.807) is 6.07 Å². The van der Waals surface area contributed by atoms with Gasteiger partial charge in [0.2, 0.25) is 0 Å². The quantitative estimate of drug-likeness (QED) is 0.799. The van der Waals surface area contributed by atoms with E-state index in [-0.39, 0.29) is 12.0 Å². The van der Waals surface area contributed by atoms with Crippen LogP contribution in [0.15, 0.2) is 12.1 Å². The van der Waals surface area contributed by atoms with Crippen LogP contribution in [0.1, 0.15) is 16.7 Å². The summed E-state index contributed by atoms with van der Waals surface area (Å²) in [5.74, 6) is -0.779. The predicted octanol–water partition coefficient (Wildman–Crippen LogP) is 2.35. The highest BCUT2D eigenvalue weighted by atomic mass is 19.4. The average Bonchev–Trinajstić information content (AvgIpc) is 2.19. The van der Waals surface area contributed by atoms with E-state index in [1.165, 1.54) is 6.07 Å². The van der Waals surface area contributed by atoms with Gasteiger partial charge in [-0.2, -0.15) is 23.7 Å². The number of halogens is 3. The Balaban J connectivity index is 3.44. The van der Waals surface area contributed by atoms with Gasteiger partial charge in [-0.15, -0.1) is 0 Å². The first-order chi connectivity index (χ1) is 7.41. The Morgan fingerprint density at radius 3 is 2.31 bits per heavy atom. The molecule has 0 spiro atoms. The summed E-state index contributed by atoms with van der Waals surface area (Å²) in [6.07, 6.45) is -4.95. The molecule has 16 heavy (non-hydrogen) atoms. The lowest BCUT2D eigenvalue weighted by Gasteiger charge is -2.11. The van der Waals surface area contributed by atoms with Gasteiger partial charge in [0.15, 0.2) is 0 Å². The predicted molar refractivity (Wildman–Crippen MR) is 47.1 cm³/mol. The SMILES string of the molecule is N#CCc1ccc(C(F)(F)F)c(C#N)c1O. The Kier molecular flexibility index (Phi) is 3.05. The van der Waals surface area contributed by atoms with Gasteiger partial charge < -0.3 is 5.11 Å². The van der Waals surface area contributed by atoms with Crippen molar-refractivity contribution in [3.63, 3.8) is 0 Å². The van der Waals surface area contributed by atoms with E-state index in [0.29, 0.717) is 6.07 Å². The van der Waals surface area contributed by atoms with E-state index in [1.807, 2.05) is 0 Å². The summed E-state index contributed by atoms with van der Waals surface area (Å²) in [7, 11) is 0. The van der Waals surface area contributed by atoms with Crippen molar-refractivity contribution >= 4 is 0 Å². The first-order valence-electron chi connectivity index (χ1n) is 4.11. The monoisotopic (exact) mass is 226 g/mol. The number of aromatic hydroxyl groups is 1. The zero-order chi connectivity index (χ0) is 12.3. The van der Waals surface area contributed by atoms with Crippen molar-refractivity contribution in [1.29, 1.82) is 10.5 Å². The summed E-state index contributed by atoms with van der Waals surface area (Å²) in [6, 6.07) is 4.65. The van der Waals surface area contributed by atoms with Crippen LogP contribution in [0.4, 0.5) is 13.2 Å². The van der Waals surface area contributed by atoms with E-state index in [9.17, 15) is 18.3 Å². The Morgan fingerprint density at radius 2 is 1.88 bits per heavy atom. The van der Waals surface area contributed by atoms with Crippen LogP contribution in [-0.2, 0) is 12.6 Å². The summed E-state index contributed by atoms with van der Waals surface area (Å²) in [4.78, 5) is 0. The fraction of sp³-hybridized carbons (Fsp3) is 0.200. The summed E-state index contributed by atoms with van der Waals surface area (Å²) >= 11 is 0. The first-order valence-corrected chi connectivity index (χ1v) is 4.11. The minimum atomic E-state index is -4.70. The Bertz CT molecular complexity index is 495. The first kappa shape index (κ1) is 11.9. The molecule has 0 aromatic heterocycles. The van der Waals surface area contributed by atoms with Crippen LogP contribution in [0.2, 0.25) is 0 Å². The molecule has 82 valence electrons. The Hall–Kier alpha value is -2.21. The van der Waals surface area contributed by atoms with Gasteiger partial charge in [-0.25, -0.2) is 0 Å².